The standard InChI is InChI=1S/C16H22N4O2/c1-4-20(5-2)13-8-6-12(7-9-13)10-17-14-11-18-19(3)15(14)16(21)22/h6-9,11,17H,4-5,10H2,1-3H3,(H,21,22). The fraction of sp³-hybridized carbons (Fsp3) is 0.375. The molecule has 2 N–H and O–H groups in total. The lowest BCUT2D eigenvalue weighted by atomic mass is 10.2. The summed E-state index contributed by atoms with van der Waals surface area (Å²) in [4.78, 5) is 13.5. The van der Waals surface area contributed by atoms with Crippen LogP contribution in [0.25, 0.3) is 0 Å². The molecule has 0 radical (unpaired) electrons. The number of aromatic carboxylic acids is 1. The first-order valence-corrected chi connectivity index (χ1v) is 7.39. The van der Waals surface area contributed by atoms with E-state index >= 15 is 0 Å². The predicted octanol–water partition coefficient (Wildman–Crippen LogP) is 2.58. The van der Waals surface area contributed by atoms with Gasteiger partial charge in [-0.15, -0.1) is 0 Å². The number of carboxylic acids is 1. The second kappa shape index (κ2) is 6.98. The Morgan fingerprint density at radius 2 is 1.91 bits per heavy atom. The highest BCUT2D eigenvalue weighted by Gasteiger charge is 2.15. The molecular formula is C16H22N4O2. The van der Waals surface area contributed by atoms with Gasteiger partial charge in [0.25, 0.3) is 0 Å². The average Bonchev–Trinajstić information content (AvgIpc) is 2.88. The van der Waals surface area contributed by atoms with Crippen molar-refractivity contribution in [1.82, 2.24) is 9.78 Å². The van der Waals surface area contributed by atoms with Crippen molar-refractivity contribution in [2.24, 2.45) is 7.05 Å². The third-order valence-corrected chi connectivity index (χ3v) is 3.69. The summed E-state index contributed by atoms with van der Waals surface area (Å²) in [5.74, 6) is -0.987. The summed E-state index contributed by atoms with van der Waals surface area (Å²) in [6, 6.07) is 8.28. The summed E-state index contributed by atoms with van der Waals surface area (Å²) < 4.78 is 1.36. The van der Waals surface area contributed by atoms with Gasteiger partial charge in [0.15, 0.2) is 5.69 Å². The molecule has 0 aliphatic rings. The van der Waals surface area contributed by atoms with Crippen molar-refractivity contribution in [3.8, 4) is 0 Å². The van der Waals surface area contributed by atoms with Gasteiger partial charge in [-0.2, -0.15) is 5.10 Å². The Bertz CT molecular complexity index is 630. The molecule has 0 aliphatic carbocycles. The highest BCUT2D eigenvalue weighted by molar-refractivity contribution is 5.92. The van der Waals surface area contributed by atoms with Gasteiger partial charge in [0.1, 0.15) is 0 Å². The molecule has 6 heteroatoms. The van der Waals surface area contributed by atoms with Crippen molar-refractivity contribution >= 4 is 17.3 Å². The molecule has 0 unspecified atom stereocenters. The van der Waals surface area contributed by atoms with Gasteiger partial charge in [0.2, 0.25) is 0 Å². The molecule has 2 aromatic rings. The number of hydrogen-bond donors (Lipinski definition) is 2. The fourth-order valence-corrected chi connectivity index (χ4v) is 2.43. The molecule has 0 saturated carbocycles. The first kappa shape index (κ1) is 15.9. The largest absolute Gasteiger partial charge is 0.476 e. The van der Waals surface area contributed by atoms with Crippen LogP contribution in [0.4, 0.5) is 11.4 Å². The molecule has 0 atom stereocenters. The summed E-state index contributed by atoms with van der Waals surface area (Å²) in [6.07, 6.45) is 1.54. The zero-order valence-corrected chi connectivity index (χ0v) is 13.2. The maximum absolute atomic E-state index is 11.2. The van der Waals surface area contributed by atoms with Gasteiger partial charge in [-0.3, -0.25) is 4.68 Å². The van der Waals surface area contributed by atoms with Gasteiger partial charge < -0.3 is 15.3 Å². The number of aryl methyl sites for hydroxylation is 1. The molecule has 0 fully saturated rings. The third-order valence-electron chi connectivity index (χ3n) is 3.69. The SMILES string of the molecule is CCN(CC)c1ccc(CNc2cnn(C)c2C(=O)O)cc1. The molecule has 0 amide bonds. The first-order chi connectivity index (χ1) is 10.6. The van der Waals surface area contributed by atoms with Crippen molar-refractivity contribution in [3.63, 3.8) is 0 Å². The Morgan fingerprint density at radius 3 is 2.45 bits per heavy atom. The Hall–Kier alpha value is -2.50. The van der Waals surface area contributed by atoms with Crippen LogP contribution in [-0.2, 0) is 13.6 Å². The van der Waals surface area contributed by atoms with E-state index in [0.717, 1.165) is 18.7 Å². The molecule has 0 saturated heterocycles. The first-order valence-electron chi connectivity index (χ1n) is 7.39. The van der Waals surface area contributed by atoms with Crippen LogP contribution in [-0.4, -0.2) is 33.9 Å². The van der Waals surface area contributed by atoms with Crippen LogP contribution in [0.5, 0.6) is 0 Å². The minimum Gasteiger partial charge on any atom is -0.476 e. The second-order valence-electron chi connectivity index (χ2n) is 5.03. The number of hydrogen-bond acceptors (Lipinski definition) is 4. The van der Waals surface area contributed by atoms with E-state index in [9.17, 15) is 9.90 Å². The number of nitrogens with zero attached hydrogens (tertiary/aromatic N) is 3. The van der Waals surface area contributed by atoms with Crippen LogP contribution in [0.2, 0.25) is 0 Å². The minimum absolute atomic E-state index is 0.166. The predicted molar refractivity (Wildman–Crippen MR) is 87.5 cm³/mol. The molecule has 118 valence electrons. The van der Waals surface area contributed by atoms with Crippen LogP contribution in [0.15, 0.2) is 30.5 Å². The Labute approximate surface area is 130 Å². The molecular weight excluding hydrogens is 280 g/mol. The van der Waals surface area contributed by atoms with Crippen molar-refractivity contribution < 1.29 is 9.90 Å². The van der Waals surface area contributed by atoms with E-state index in [1.165, 1.54) is 16.6 Å². The van der Waals surface area contributed by atoms with E-state index in [1.807, 2.05) is 0 Å². The minimum atomic E-state index is -0.987. The van der Waals surface area contributed by atoms with E-state index in [-0.39, 0.29) is 5.69 Å². The smallest absolute Gasteiger partial charge is 0.356 e. The number of aromatic nitrogens is 2. The number of rotatable bonds is 7. The van der Waals surface area contributed by atoms with Gasteiger partial charge in [-0.25, -0.2) is 4.79 Å². The van der Waals surface area contributed by atoms with Gasteiger partial charge >= 0.3 is 5.97 Å². The summed E-state index contributed by atoms with van der Waals surface area (Å²) in [5, 5.41) is 16.3. The fourth-order valence-electron chi connectivity index (χ4n) is 2.43. The molecule has 1 heterocycles. The van der Waals surface area contributed by atoms with E-state index in [1.54, 1.807) is 7.05 Å². The lowest BCUT2D eigenvalue weighted by Gasteiger charge is -2.21. The lowest BCUT2D eigenvalue weighted by Crippen LogP contribution is -2.21. The number of benzene rings is 1. The normalized spacial score (nSPS) is 10.5. The summed E-state index contributed by atoms with van der Waals surface area (Å²) in [5.41, 5.74) is 2.99. The van der Waals surface area contributed by atoms with E-state index in [2.05, 4.69) is 53.4 Å². The summed E-state index contributed by atoms with van der Waals surface area (Å²) >= 11 is 0. The molecule has 0 bridgehead atoms. The topological polar surface area (TPSA) is 70.4 Å². The second-order valence-corrected chi connectivity index (χ2v) is 5.03. The molecule has 6 nitrogen and oxygen atoms in total. The molecule has 1 aromatic carbocycles. The maximum Gasteiger partial charge on any atom is 0.356 e. The van der Waals surface area contributed by atoms with E-state index < -0.39 is 5.97 Å². The summed E-state index contributed by atoms with van der Waals surface area (Å²) in [7, 11) is 1.62. The van der Waals surface area contributed by atoms with Gasteiger partial charge in [0.05, 0.1) is 11.9 Å². The maximum atomic E-state index is 11.2. The Kier molecular flexibility index (Phi) is 5.04. The van der Waals surface area contributed by atoms with Crippen LogP contribution >= 0.6 is 0 Å². The number of anilines is 2. The van der Waals surface area contributed by atoms with Crippen molar-refractivity contribution in [2.45, 2.75) is 20.4 Å². The molecule has 2 rings (SSSR count). The third kappa shape index (κ3) is 3.39. The quantitative estimate of drug-likeness (QED) is 0.822. The van der Waals surface area contributed by atoms with E-state index in [4.69, 9.17) is 0 Å². The zero-order valence-electron chi connectivity index (χ0n) is 13.2. The van der Waals surface area contributed by atoms with Crippen molar-refractivity contribution in [2.75, 3.05) is 23.3 Å². The zero-order chi connectivity index (χ0) is 16.1. The van der Waals surface area contributed by atoms with Crippen molar-refractivity contribution in [3.05, 3.63) is 41.7 Å². The molecule has 22 heavy (non-hydrogen) atoms. The number of carboxylic acid groups (broad SMARTS) is 1. The highest BCUT2D eigenvalue weighted by atomic mass is 16.4. The van der Waals surface area contributed by atoms with Crippen LogP contribution in [0.3, 0.4) is 0 Å². The Balaban J connectivity index is 2.05. The van der Waals surface area contributed by atoms with E-state index in [0.29, 0.717) is 12.2 Å². The van der Waals surface area contributed by atoms with Crippen molar-refractivity contribution in [1.29, 1.82) is 0 Å². The van der Waals surface area contributed by atoms with Gasteiger partial charge in [0, 0.05) is 32.4 Å². The Morgan fingerprint density at radius 1 is 1.27 bits per heavy atom. The number of nitrogens with one attached hydrogen (secondary N) is 1. The highest BCUT2D eigenvalue weighted by Crippen LogP contribution is 2.18. The van der Waals surface area contributed by atoms with Gasteiger partial charge in [-0.05, 0) is 31.5 Å². The molecule has 0 spiro atoms. The molecule has 1 aromatic heterocycles. The molecule has 0 aliphatic heterocycles. The summed E-state index contributed by atoms with van der Waals surface area (Å²) in [6.45, 7) is 6.78. The average molecular weight is 302 g/mol. The van der Waals surface area contributed by atoms with Crippen LogP contribution < -0.4 is 10.2 Å². The lowest BCUT2D eigenvalue weighted by molar-refractivity contribution is 0.0686. The van der Waals surface area contributed by atoms with Crippen LogP contribution in [0.1, 0.15) is 29.9 Å². The van der Waals surface area contributed by atoms with Crippen LogP contribution in [0, 0.1) is 0 Å². The van der Waals surface area contributed by atoms with Gasteiger partial charge in [-0.1, -0.05) is 12.1 Å². The monoisotopic (exact) mass is 302 g/mol. The number of carbonyl (C=O) groups is 1.